The average molecular weight is 282 g/mol. The highest BCUT2D eigenvalue weighted by Gasteiger charge is 2.43. The molecule has 0 aliphatic carbocycles. The molecule has 2 aliphatic heterocycles. The molecule has 94 valence electrons. The van der Waals surface area contributed by atoms with E-state index in [0.717, 1.165) is 12.3 Å². The van der Waals surface area contributed by atoms with Crippen molar-refractivity contribution in [3.8, 4) is 0 Å². The monoisotopic (exact) mass is 281 g/mol. The van der Waals surface area contributed by atoms with Gasteiger partial charge in [0.1, 0.15) is 0 Å². The van der Waals surface area contributed by atoms with Crippen molar-refractivity contribution in [3.05, 3.63) is 0 Å². The van der Waals surface area contributed by atoms with Gasteiger partial charge in [-0.25, -0.2) is 0 Å². The number of hydrogen-bond donors (Lipinski definition) is 1. The first-order chi connectivity index (χ1) is 7.23. The Kier molecular flexibility index (Phi) is 5.99. The highest BCUT2D eigenvalue weighted by Crippen LogP contribution is 2.44. The van der Waals surface area contributed by atoms with Crippen molar-refractivity contribution in [2.24, 2.45) is 11.3 Å². The predicted molar refractivity (Wildman–Crippen MR) is 75.7 cm³/mol. The third-order valence-corrected chi connectivity index (χ3v) is 5.67. The number of thioether (sulfide) groups is 2. The molecule has 0 radical (unpaired) electrons. The molecule has 1 atom stereocenters. The first-order valence-electron chi connectivity index (χ1n) is 5.65. The molecule has 2 nitrogen and oxygen atoms in total. The van der Waals surface area contributed by atoms with Crippen molar-refractivity contribution < 1.29 is 4.79 Å². The minimum Gasteiger partial charge on any atom is -0.316 e. The standard InChI is InChI=1S/C11H19NOS2.ClH/c1-9(13)15-7-10-6-12-8-11(10)2-4-14-5-3-11;/h10,12H,2-8H2,1H3;1H. The largest absolute Gasteiger partial charge is 0.316 e. The van der Waals surface area contributed by atoms with Crippen LogP contribution in [0.15, 0.2) is 0 Å². The smallest absolute Gasteiger partial charge is 0.185 e. The van der Waals surface area contributed by atoms with E-state index in [0.29, 0.717) is 11.3 Å². The Morgan fingerprint density at radius 3 is 2.81 bits per heavy atom. The zero-order chi connectivity index (χ0) is 10.7. The Morgan fingerprint density at radius 2 is 2.19 bits per heavy atom. The zero-order valence-corrected chi connectivity index (χ0v) is 12.1. The van der Waals surface area contributed by atoms with Crippen LogP contribution in [0.5, 0.6) is 0 Å². The van der Waals surface area contributed by atoms with Crippen molar-refractivity contribution in [2.45, 2.75) is 19.8 Å². The Hall–Kier alpha value is 0.620. The van der Waals surface area contributed by atoms with Gasteiger partial charge in [-0.15, -0.1) is 12.4 Å². The van der Waals surface area contributed by atoms with E-state index in [-0.39, 0.29) is 17.5 Å². The summed E-state index contributed by atoms with van der Waals surface area (Å²) in [6, 6.07) is 0. The first kappa shape index (κ1) is 14.7. The van der Waals surface area contributed by atoms with Crippen molar-refractivity contribution in [1.29, 1.82) is 0 Å². The number of carbonyl (C=O) groups is 1. The summed E-state index contributed by atoms with van der Waals surface area (Å²) in [4.78, 5) is 11.0. The molecule has 0 saturated carbocycles. The van der Waals surface area contributed by atoms with Crippen LogP contribution in [-0.4, -0.2) is 35.5 Å². The lowest BCUT2D eigenvalue weighted by atomic mass is 9.74. The van der Waals surface area contributed by atoms with Crippen molar-refractivity contribution in [1.82, 2.24) is 5.32 Å². The SMILES string of the molecule is CC(=O)SCC1CNCC12CCSCC2.Cl. The second-order valence-electron chi connectivity index (χ2n) is 4.61. The maximum Gasteiger partial charge on any atom is 0.185 e. The van der Waals surface area contributed by atoms with E-state index < -0.39 is 0 Å². The van der Waals surface area contributed by atoms with Crippen LogP contribution >= 0.6 is 35.9 Å². The summed E-state index contributed by atoms with van der Waals surface area (Å²) in [6.45, 7) is 3.97. The topological polar surface area (TPSA) is 29.1 Å². The van der Waals surface area contributed by atoms with E-state index in [1.54, 1.807) is 6.92 Å². The summed E-state index contributed by atoms with van der Waals surface area (Å²) in [5.41, 5.74) is 0.522. The van der Waals surface area contributed by atoms with Crippen LogP contribution in [0.25, 0.3) is 0 Å². The number of nitrogens with one attached hydrogen (secondary N) is 1. The fourth-order valence-corrected chi connectivity index (χ4v) is 4.89. The number of rotatable bonds is 2. The maximum absolute atomic E-state index is 11.0. The van der Waals surface area contributed by atoms with Gasteiger partial charge in [-0.2, -0.15) is 11.8 Å². The fourth-order valence-electron chi connectivity index (χ4n) is 2.67. The molecular weight excluding hydrogens is 262 g/mol. The van der Waals surface area contributed by atoms with Crippen LogP contribution in [-0.2, 0) is 4.79 Å². The van der Waals surface area contributed by atoms with E-state index >= 15 is 0 Å². The molecule has 5 heteroatoms. The molecule has 0 bridgehead atoms. The third-order valence-electron chi connectivity index (χ3n) is 3.71. The summed E-state index contributed by atoms with van der Waals surface area (Å²) in [5, 5.41) is 3.79. The van der Waals surface area contributed by atoms with E-state index in [1.807, 2.05) is 0 Å². The molecule has 16 heavy (non-hydrogen) atoms. The van der Waals surface area contributed by atoms with Crippen LogP contribution < -0.4 is 5.32 Å². The second kappa shape index (κ2) is 6.53. The highest BCUT2D eigenvalue weighted by molar-refractivity contribution is 8.13. The zero-order valence-electron chi connectivity index (χ0n) is 9.66. The maximum atomic E-state index is 11.0. The highest BCUT2D eigenvalue weighted by atomic mass is 35.5. The molecule has 2 fully saturated rings. The van der Waals surface area contributed by atoms with Crippen molar-refractivity contribution >= 4 is 41.0 Å². The average Bonchev–Trinajstić information content (AvgIpc) is 2.59. The van der Waals surface area contributed by atoms with Crippen molar-refractivity contribution in [2.75, 3.05) is 30.3 Å². The van der Waals surface area contributed by atoms with Gasteiger partial charge < -0.3 is 5.32 Å². The molecule has 1 unspecified atom stereocenters. The lowest BCUT2D eigenvalue weighted by Crippen LogP contribution is -2.35. The Labute approximate surface area is 112 Å². The molecule has 2 heterocycles. The van der Waals surface area contributed by atoms with Gasteiger partial charge in [-0.05, 0) is 42.2 Å². The molecule has 2 aliphatic rings. The van der Waals surface area contributed by atoms with E-state index in [2.05, 4.69) is 17.1 Å². The first-order valence-corrected chi connectivity index (χ1v) is 7.79. The van der Waals surface area contributed by atoms with Gasteiger partial charge >= 0.3 is 0 Å². The molecule has 0 aromatic carbocycles. The summed E-state index contributed by atoms with van der Waals surface area (Å²) in [5.74, 6) is 4.35. The molecule has 0 aromatic rings. The Morgan fingerprint density at radius 1 is 1.50 bits per heavy atom. The fraction of sp³-hybridized carbons (Fsp3) is 0.909. The van der Waals surface area contributed by atoms with Gasteiger partial charge in [0, 0.05) is 19.2 Å². The van der Waals surface area contributed by atoms with Gasteiger partial charge in [0.15, 0.2) is 5.12 Å². The number of hydrogen-bond acceptors (Lipinski definition) is 4. The normalized spacial score (nSPS) is 27.7. The predicted octanol–water partition coefficient (Wildman–Crippen LogP) is 2.42. The Balaban J connectivity index is 0.00000128. The minimum absolute atomic E-state index is 0. The van der Waals surface area contributed by atoms with Crippen molar-refractivity contribution in [3.63, 3.8) is 0 Å². The van der Waals surface area contributed by atoms with Crippen LogP contribution in [0.4, 0.5) is 0 Å². The van der Waals surface area contributed by atoms with Crippen LogP contribution in [0.1, 0.15) is 19.8 Å². The van der Waals surface area contributed by atoms with Crippen LogP contribution in [0, 0.1) is 11.3 Å². The number of halogens is 1. The molecule has 2 saturated heterocycles. The molecule has 2 rings (SSSR count). The summed E-state index contributed by atoms with van der Waals surface area (Å²) in [7, 11) is 0. The van der Waals surface area contributed by atoms with Gasteiger partial charge in [0.05, 0.1) is 0 Å². The molecule has 1 spiro atoms. The molecular formula is C11H20ClNOS2. The van der Waals surface area contributed by atoms with Gasteiger partial charge in [-0.1, -0.05) is 11.8 Å². The Bertz CT molecular complexity index is 244. The summed E-state index contributed by atoms with van der Waals surface area (Å²) >= 11 is 3.59. The summed E-state index contributed by atoms with van der Waals surface area (Å²) < 4.78 is 0. The lowest BCUT2D eigenvalue weighted by molar-refractivity contribution is -0.109. The lowest BCUT2D eigenvalue weighted by Gasteiger charge is -2.37. The third kappa shape index (κ3) is 3.31. The molecule has 1 N–H and O–H groups in total. The quantitative estimate of drug-likeness (QED) is 0.842. The minimum atomic E-state index is 0. The molecule has 0 aromatic heterocycles. The van der Waals surface area contributed by atoms with E-state index in [1.165, 1.54) is 42.7 Å². The van der Waals surface area contributed by atoms with Gasteiger partial charge in [0.2, 0.25) is 0 Å². The van der Waals surface area contributed by atoms with Gasteiger partial charge in [-0.3, -0.25) is 4.79 Å². The van der Waals surface area contributed by atoms with Gasteiger partial charge in [0.25, 0.3) is 0 Å². The van der Waals surface area contributed by atoms with Crippen LogP contribution in [0.3, 0.4) is 0 Å². The second-order valence-corrected chi connectivity index (χ2v) is 7.03. The number of carbonyl (C=O) groups excluding carboxylic acids is 1. The van der Waals surface area contributed by atoms with Crippen LogP contribution in [0.2, 0.25) is 0 Å². The van der Waals surface area contributed by atoms with E-state index in [4.69, 9.17) is 0 Å². The summed E-state index contributed by atoms with van der Waals surface area (Å²) in [6.07, 6.45) is 2.68. The molecule has 0 amide bonds. The van der Waals surface area contributed by atoms with E-state index in [9.17, 15) is 4.79 Å².